The Morgan fingerprint density at radius 1 is 1.15 bits per heavy atom. The van der Waals surface area contributed by atoms with Crippen molar-refractivity contribution in [2.75, 3.05) is 6.54 Å². The maximum absolute atomic E-state index is 13.0. The predicted octanol–water partition coefficient (Wildman–Crippen LogP) is 3.80. The highest BCUT2D eigenvalue weighted by molar-refractivity contribution is 9.10. The second-order valence-electron chi connectivity index (χ2n) is 4.63. The average molecular weight is 338 g/mol. The van der Waals surface area contributed by atoms with Crippen LogP contribution in [0.15, 0.2) is 53.0 Å². The first kappa shape index (κ1) is 15.2. The maximum Gasteiger partial charge on any atom is 0.124 e. The molecule has 2 aromatic carbocycles. The molecule has 0 spiro atoms. The van der Waals surface area contributed by atoms with Gasteiger partial charge in [0, 0.05) is 11.0 Å². The third kappa shape index (κ3) is 4.40. The summed E-state index contributed by atoms with van der Waals surface area (Å²) < 4.78 is 13.6. The molecule has 0 aliphatic carbocycles. The molecule has 0 saturated heterocycles. The van der Waals surface area contributed by atoms with E-state index in [4.69, 9.17) is 0 Å². The predicted molar refractivity (Wildman–Crippen MR) is 81.8 cm³/mol. The highest BCUT2D eigenvalue weighted by Crippen LogP contribution is 2.26. The highest BCUT2D eigenvalue weighted by Gasteiger charge is 2.11. The van der Waals surface area contributed by atoms with Crippen molar-refractivity contribution in [3.8, 4) is 0 Å². The normalized spacial score (nSPS) is 12.3. The Morgan fingerprint density at radius 3 is 2.60 bits per heavy atom. The Balaban J connectivity index is 1.79. The average Bonchev–Trinajstić information content (AvgIpc) is 2.44. The summed E-state index contributed by atoms with van der Waals surface area (Å²) in [5, 5.41) is 13.4. The monoisotopic (exact) mass is 337 g/mol. The van der Waals surface area contributed by atoms with Gasteiger partial charge in [0.05, 0.1) is 6.10 Å². The SMILES string of the molecule is OC(CCNCc1ccccc1)c1ccc(F)cc1Br. The first-order valence-corrected chi connectivity index (χ1v) is 7.34. The molecule has 1 unspecified atom stereocenters. The van der Waals surface area contributed by atoms with Crippen molar-refractivity contribution >= 4 is 15.9 Å². The van der Waals surface area contributed by atoms with Crippen molar-refractivity contribution in [3.63, 3.8) is 0 Å². The summed E-state index contributed by atoms with van der Waals surface area (Å²) in [4.78, 5) is 0. The summed E-state index contributed by atoms with van der Waals surface area (Å²) in [6.45, 7) is 1.47. The van der Waals surface area contributed by atoms with Gasteiger partial charge in [-0.1, -0.05) is 52.3 Å². The van der Waals surface area contributed by atoms with E-state index < -0.39 is 6.10 Å². The van der Waals surface area contributed by atoms with E-state index in [-0.39, 0.29) is 5.82 Å². The zero-order valence-corrected chi connectivity index (χ0v) is 12.6. The third-order valence-corrected chi connectivity index (χ3v) is 3.77. The van der Waals surface area contributed by atoms with Gasteiger partial charge in [-0.05, 0) is 36.2 Å². The molecule has 4 heteroatoms. The number of aliphatic hydroxyl groups is 1. The van der Waals surface area contributed by atoms with Gasteiger partial charge in [0.25, 0.3) is 0 Å². The second-order valence-corrected chi connectivity index (χ2v) is 5.49. The van der Waals surface area contributed by atoms with E-state index in [1.807, 2.05) is 18.2 Å². The Bertz CT molecular complexity index is 547. The van der Waals surface area contributed by atoms with Gasteiger partial charge < -0.3 is 10.4 Å². The molecule has 0 fully saturated rings. The first-order valence-electron chi connectivity index (χ1n) is 6.54. The Morgan fingerprint density at radius 2 is 1.90 bits per heavy atom. The van der Waals surface area contributed by atoms with Crippen LogP contribution < -0.4 is 5.32 Å². The number of hydrogen-bond acceptors (Lipinski definition) is 2. The van der Waals surface area contributed by atoms with E-state index in [0.29, 0.717) is 23.0 Å². The number of aliphatic hydroxyl groups excluding tert-OH is 1. The minimum absolute atomic E-state index is 0.310. The van der Waals surface area contributed by atoms with Gasteiger partial charge in [0.15, 0.2) is 0 Å². The Labute approximate surface area is 126 Å². The standard InChI is InChI=1S/C16H17BrFNO/c17-15-10-13(18)6-7-14(15)16(20)8-9-19-11-12-4-2-1-3-5-12/h1-7,10,16,19-20H,8-9,11H2. The van der Waals surface area contributed by atoms with Gasteiger partial charge in [0.1, 0.15) is 5.82 Å². The molecule has 0 aliphatic heterocycles. The number of halogens is 2. The molecule has 0 heterocycles. The van der Waals surface area contributed by atoms with E-state index in [9.17, 15) is 9.50 Å². The topological polar surface area (TPSA) is 32.3 Å². The van der Waals surface area contributed by atoms with E-state index in [1.54, 1.807) is 6.07 Å². The van der Waals surface area contributed by atoms with Crippen LogP contribution in [0, 0.1) is 5.82 Å². The summed E-state index contributed by atoms with van der Waals surface area (Å²) >= 11 is 3.27. The van der Waals surface area contributed by atoms with E-state index in [2.05, 4.69) is 33.4 Å². The van der Waals surface area contributed by atoms with Crippen molar-refractivity contribution < 1.29 is 9.50 Å². The molecule has 2 aromatic rings. The van der Waals surface area contributed by atoms with Gasteiger partial charge in [-0.25, -0.2) is 4.39 Å². The molecule has 106 valence electrons. The molecule has 0 aliphatic rings. The number of hydrogen-bond donors (Lipinski definition) is 2. The van der Waals surface area contributed by atoms with Crippen LogP contribution in [-0.4, -0.2) is 11.7 Å². The van der Waals surface area contributed by atoms with Crippen LogP contribution in [0.4, 0.5) is 4.39 Å². The molecular weight excluding hydrogens is 321 g/mol. The molecule has 0 aromatic heterocycles. The lowest BCUT2D eigenvalue weighted by molar-refractivity contribution is 0.166. The minimum atomic E-state index is -0.603. The van der Waals surface area contributed by atoms with E-state index in [1.165, 1.54) is 17.7 Å². The molecule has 0 bridgehead atoms. The lowest BCUT2D eigenvalue weighted by Gasteiger charge is -2.13. The van der Waals surface area contributed by atoms with Crippen molar-refractivity contribution in [1.29, 1.82) is 0 Å². The highest BCUT2D eigenvalue weighted by atomic mass is 79.9. The molecule has 0 radical (unpaired) electrons. The van der Waals surface area contributed by atoms with Crippen LogP contribution in [0.1, 0.15) is 23.7 Å². The molecule has 2 nitrogen and oxygen atoms in total. The van der Waals surface area contributed by atoms with Crippen molar-refractivity contribution in [2.45, 2.75) is 19.1 Å². The molecule has 2 rings (SSSR count). The summed E-state index contributed by atoms with van der Waals surface area (Å²) in [5.41, 5.74) is 1.93. The summed E-state index contributed by atoms with van der Waals surface area (Å²) in [5.74, 6) is -0.310. The van der Waals surface area contributed by atoms with Gasteiger partial charge >= 0.3 is 0 Å². The largest absolute Gasteiger partial charge is 0.388 e. The van der Waals surface area contributed by atoms with Gasteiger partial charge in [-0.15, -0.1) is 0 Å². The van der Waals surface area contributed by atoms with Crippen LogP contribution in [0.2, 0.25) is 0 Å². The fourth-order valence-corrected chi connectivity index (χ4v) is 2.61. The Kier molecular flexibility index (Phi) is 5.71. The quantitative estimate of drug-likeness (QED) is 0.786. The van der Waals surface area contributed by atoms with Crippen molar-refractivity contribution in [1.82, 2.24) is 5.32 Å². The van der Waals surface area contributed by atoms with Crippen LogP contribution in [0.3, 0.4) is 0 Å². The minimum Gasteiger partial charge on any atom is -0.388 e. The lowest BCUT2D eigenvalue weighted by atomic mass is 10.1. The Hall–Kier alpha value is -1.23. The molecule has 20 heavy (non-hydrogen) atoms. The number of benzene rings is 2. The summed E-state index contributed by atoms with van der Waals surface area (Å²) in [6, 6.07) is 14.4. The number of nitrogens with one attached hydrogen (secondary N) is 1. The van der Waals surface area contributed by atoms with Gasteiger partial charge in [-0.2, -0.15) is 0 Å². The van der Waals surface area contributed by atoms with Crippen molar-refractivity contribution in [2.24, 2.45) is 0 Å². The molecule has 2 N–H and O–H groups in total. The fraction of sp³-hybridized carbons (Fsp3) is 0.250. The van der Waals surface area contributed by atoms with E-state index >= 15 is 0 Å². The van der Waals surface area contributed by atoms with Gasteiger partial charge in [0.2, 0.25) is 0 Å². The van der Waals surface area contributed by atoms with Crippen LogP contribution >= 0.6 is 15.9 Å². The van der Waals surface area contributed by atoms with Gasteiger partial charge in [-0.3, -0.25) is 0 Å². The smallest absolute Gasteiger partial charge is 0.124 e. The zero-order valence-electron chi connectivity index (χ0n) is 11.0. The summed E-state index contributed by atoms with van der Waals surface area (Å²) in [7, 11) is 0. The molecule has 0 saturated carbocycles. The van der Waals surface area contributed by atoms with Crippen molar-refractivity contribution in [3.05, 3.63) is 69.9 Å². The number of rotatable bonds is 6. The molecule has 0 amide bonds. The van der Waals surface area contributed by atoms with E-state index in [0.717, 1.165) is 6.54 Å². The molecular formula is C16H17BrFNO. The third-order valence-electron chi connectivity index (χ3n) is 3.09. The first-order chi connectivity index (χ1) is 9.66. The second kappa shape index (κ2) is 7.53. The van der Waals surface area contributed by atoms with Crippen LogP contribution in [-0.2, 0) is 6.54 Å². The van der Waals surface area contributed by atoms with Crippen LogP contribution in [0.25, 0.3) is 0 Å². The lowest BCUT2D eigenvalue weighted by Crippen LogP contribution is -2.17. The summed E-state index contributed by atoms with van der Waals surface area (Å²) in [6.07, 6.45) is -0.0231. The maximum atomic E-state index is 13.0. The van der Waals surface area contributed by atoms with Crippen LogP contribution in [0.5, 0.6) is 0 Å². The zero-order chi connectivity index (χ0) is 14.4. The molecule has 1 atom stereocenters. The fourth-order valence-electron chi connectivity index (χ4n) is 1.99.